The fourth-order valence-electron chi connectivity index (χ4n) is 2.06. The topological polar surface area (TPSA) is 84.5 Å². The third kappa shape index (κ3) is 5.46. The number of hydrogen-bond acceptors (Lipinski definition) is 4. The van der Waals surface area contributed by atoms with E-state index in [1.807, 2.05) is 19.1 Å². The van der Waals surface area contributed by atoms with Crippen LogP contribution in [0.3, 0.4) is 0 Å². The molecule has 0 saturated heterocycles. The lowest BCUT2D eigenvalue weighted by Crippen LogP contribution is -2.43. The van der Waals surface area contributed by atoms with Gasteiger partial charge in [0.15, 0.2) is 12.4 Å². The highest BCUT2D eigenvalue weighted by Gasteiger charge is 2.08. The highest BCUT2D eigenvalue weighted by atomic mass is 16.5. The Morgan fingerprint density at radius 2 is 1.48 bits per heavy atom. The van der Waals surface area contributed by atoms with E-state index in [1.54, 1.807) is 36.4 Å². The van der Waals surface area contributed by atoms with Crippen molar-refractivity contribution >= 4 is 17.6 Å². The molecule has 25 heavy (non-hydrogen) atoms. The number of hydrazine groups is 1. The van der Waals surface area contributed by atoms with Crippen molar-refractivity contribution in [3.8, 4) is 5.75 Å². The number of rotatable bonds is 6. The van der Waals surface area contributed by atoms with Gasteiger partial charge in [-0.25, -0.2) is 0 Å². The van der Waals surface area contributed by atoms with Crippen LogP contribution in [0.2, 0.25) is 0 Å². The van der Waals surface area contributed by atoms with Gasteiger partial charge in [0, 0.05) is 11.1 Å². The summed E-state index contributed by atoms with van der Waals surface area (Å²) in [7, 11) is 0. The SMILES string of the molecule is CCc1ccc(C(=O)NNC(=O)COc2ccc(C(C)=O)cc2)cc1. The summed E-state index contributed by atoms with van der Waals surface area (Å²) in [4.78, 5) is 34.8. The van der Waals surface area contributed by atoms with Gasteiger partial charge in [-0.15, -0.1) is 0 Å². The molecule has 0 saturated carbocycles. The van der Waals surface area contributed by atoms with Crippen LogP contribution in [0.5, 0.6) is 5.75 Å². The average Bonchev–Trinajstić information content (AvgIpc) is 2.64. The third-order valence-electron chi connectivity index (χ3n) is 3.57. The second-order valence-electron chi connectivity index (χ2n) is 5.42. The molecular formula is C19H20N2O4. The maximum Gasteiger partial charge on any atom is 0.276 e. The van der Waals surface area contributed by atoms with Gasteiger partial charge in [0.2, 0.25) is 0 Å². The number of Topliss-reactive ketones (excluding diaryl/α,β-unsaturated/α-hetero) is 1. The van der Waals surface area contributed by atoms with E-state index in [0.29, 0.717) is 16.9 Å². The van der Waals surface area contributed by atoms with Gasteiger partial charge in [-0.2, -0.15) is 0 Å². The Labute approximate surface area is 146 Å². The first-order chi connectivity index (χ1) is 12.0. The number of hydrogen-bond donors (Lipinski definition) is 2. The molecule has 0 radical (unpaired) electrons. The first-order valence-electron chi connectivity index (χ1n) is 7.91. The van der Waals surface area contributed by atoms with Crippen LogP contribution < -0.4 is 15.6 Å². The summed E-state index contributed by atoms with van der Waals surface area (Å²) in [5, 5.41) is 0. The largest absolute Gasteiger partial charge is 0.484 e. The van der Waals surface area contributed by atoms with E-state index >= 15 is 0 Å². The minimum absolute atomic E-state index is 0.0426. The monoisotopic (exact) mass is 340 g/mol. The Morgan fingerprint density at radius 1 is 0.880 bits per heavy atom. The van der Waals surface area contributed by atoms with Crippen LogP contribution in [0.15, 0.2) is 48.5 Å². The highest BCUT2D eigenvalue weighted by molar-refractivity contribution is 5.95. The van der Waals surface area contributed by atoms with E-state index in [-0.39, 0.29) is 12.4 Å². The number of carbonyl (C=O) groups is 3. The lowest BCUT2D eigenvalue weighted by atomic mass is 10.1. The molecule has 0 aliphatic rings. The van der Waals surface area contributed by atoms with Gasteiger partial charge < -0.3 is 4.74 Å². The van der Waals surface area contributed by atoms with Crippen molar-refractivity contribution < 1.29 is 19.1 Å². The van der Waals surface area contributed by atoms with Crippen molar-refractivity contribution in [2.45, 2.75) is 20.3 Å². The molecule has 6 nitrogen and oxygen atoms in total. The predicted octanol–water partition coefficient (Wildman–Crippen LogP) is 2.29. The van der Waals surface area contributed by atoms with Gasteiger partial charge in [-0.1, -0.05) is 19.1 Å². The Hall–Kier alpha value is -3.15. The maximum atomic E-state index is 11.9. The van der Waals surface area contributed by atoms with E-state index < -0.39 is 11.8 Å². The van der Waals surface area contributed by atoms with Crippen LogP contribution in [-0.2, 0) is 11.2 Å². The summed E-state index contributed by atoms with van der Waals surface area (Å²) in [6.45, 7) is 3.25. The second-order valence-corrected chi connectivity index (χ2v) is 5.42. The van der Waals surface area contributed by atoms with Crippen molar-refractivity contribution in [2.24, 2.45) is 0 Å². The zero-order valence-corrected chi connectivity index (χ0v) is 14.2. The number of amides is 2. The summed E-state index contributed by atoms with van der Waals surface area (Å²) >= 11 is 0. The number of ketones is 1. The van der Waals surface area contributed by atoms with Gasteiger partial charge >= 0.3 is 0 Å². The zero-order chi connectivity index (χ0) is 18.2. The number of carbonyl (C=O) groups excluding carboxylic acids is 3. The first kappa shape index (κ1) is 18.2. The fourth-order valence-corrected chi connectivity index (χ4v) is 2.06. The molecule has 0 spiro atoms. The number of nitrogens with one attached hydrogen (secondary N) is 2. The lowest BCUT2D eigenvalue weighted by Gasteiger charge is -2.09. The van der Waals surface area contributed by atoms with Crippen LogP contribution in [0, 0.1) is 0 Å². The van der Waals surface area contributed by atoms with Crippen LogP contribution in [0.4, 0.5) is 0 Å². The normalized spacial score (nSPS) is 10.0. The minimum Gasteiger partial charge on any atom is -0.484 e. The Kier molecular flexibility index (Phi) is 6.28. The summed E-state index contributed by atoms with van der Waals surface area (Å²) < 4.78 is 5.30. The highest BCUT2D eigenvalue weighted by Crippen LogP contribution is 2.12. The first-order valence-corrected chi connectivity index (χ1v) is 7.91. The van der Waals surface area contributed by atoms with E-state index in [9.17, 15) is 14.4 Å². The summed E-state index contributed by atoms with van der Waals surface area (Å²) in [5.74, 6) is -0.475. The summed E-state index contributed by atoms with van der Waals surface area (Å²) in [6, 6.07) is 13.6. The quantitative estimate of drug-likeness (QED) is 0.624. The van der Waals surface area contributed by atoms with Crippen LogP contribution in [-0.4, -0.2) is 24.2 Å². The molecular weight excluding hydrogens is 320 g/mol. The number of ether oxygens (including phenoxy) is 1. The van der Waals surface area contributed by atoms with E-state index in [0.717, 1.165) is 12.0 Å². The zero-order valence-electron chi connectivity index (χ0n) is 14.2. The molecule has 2 rings (SSSR count). The molecule has 2 aromatic carbocycles. The predicted molar refractivity (Wildman–Crippen MR) is 93.4 cm³/mol. The van der Waals surface area contributed by atoms with Crippen LogP contribution in [0.25, 0.3) is 0 Å². The Bertz CT molecular complexity index is 752. The Balaban J connectivity index is 1.77. The molecule has 2 amide bonds. The van der Waals surface area contributed by atoms with Crippen molar-refractivity contribution in [2.75, 3.05) is 6.61 Å². The molecule has 0 aliphatic heterocycles. The average molecular weight is 340 g/mol. The van der Waals surface area contributed by atoms with Gasteiger partial charge in [-0.05, 0) is 55.3 Å². The molecule has 0 fully saturated rings. The maximum absolute atomic E-state index is 11.9. The molecule has 130 valence electrons. The summed E-state index contributed by atoms with van der Waals surface area (Å²) in [6.07, 6.45) is 0.892. The van der Waals surface area contributed by atoms with Crippen molar-refractivity contribution in [1.29, 1.82) is 0 Å². The number of benzene rings is 2. The minimum atomic E-state index is -0.492. The van der Waals surface area contributed by atoms with E-state index in [4.69, 9.17) is 4.74 Å². The molecule has 0 unspecified atom stereocenters. The molecule has 0 aromatic heterocycles. The molecule has 0 bridgehead atoms. The smallest absolute Gasteiger partial charge is 0.276 e. The second kappa shape index (κ2) is 8.63. The standard InChI is InChI=1S/C19H20N2O4/c1-3-14-4-6-16(7-5-14)19(24)21-20-18(23)12-25-17-10-8-15(9-11-17)13(2)22/h4-11H,3,12H2,1-2H3,(H,20,23)(H,21,24). The summed E-state index contributed by atoms with van der Waals surface area (Å²) in [5.41, 5.74) is 6.78. The molecule has 6 heteroatoms. The van der Waals surface area contributed by atoms with Crippen molar-refractivity contribution in [1.82, 2.24) is 10.9 Å². The van der Waals surface area contributed by atoms with Crippen LogP contribution >= 0.6 is 0 Å². The fraction of sp³-hybridized carbons (Fsp3) is 0.211. The lowest BCUT2D eigenvalue weighted by molar-refractivity contribution is -0.123. The van der Waals surface area contributed by atoms with Crippen LogP contribution in [0.1, 0.15) is 40.1 Å². The Morgan fingerprint density at radius 3 is 2.04 bits per heavy atom. The van der Waals surface area contributed by atoms with E-state index in [1.165, 1.54) is 6.92 Å². The van der Waals surface area contributed by atoms with Gasteiger partial charge in [0.1, 0.15) is 5.75 Å². The molecule has 2 N–H and O–H groups in total. The van der Waals surface area contributed by atoms with Gasteiger partial charge in [0.25, 0.3) is 11.8 Å². The third-order valence-corrected chi connectivity index (χ3v) is 3.57. The van der Waals surface area contributed by atoms with E-state index in [2.05, 4.69) is 10.9 Å². The molecule has 0 aliphatic carbocycles. The molecule has 0 atom stereocenters. The molecule has 2 aromatic rings. The van der Waals surface area contributed by atoms with Crippen molar-refractivity contribution in [3.63, 3.8) is 0 Å². The van der Waals surface area contributed by atoms with Gasteiger partial charge in [0.05, 0.1) is 0 Å². The molecule has 0 heterocycles. The van der Waals surface area contributed by atoms with Gasteiger partial charge in [-0.3, -0.25) is 25.2 Å². The van der Waals surface area contributed by atoms with Crippen molar-refractivity contribution in [3.05, 3.63) is 65.2 Å². The number of aryl methyl sites for hydroxylation is 1.